The van der Waals surface area contributed by atoms with Gasteiger partial charge in [0.15, 0.2) is 18.9 Å². The molecule has 36 heavy (non-hydrogen) atoms. The average molecular weight is 547 g/mol. The topological polar surface area (TPSA) is 42.4 Å². The molecule has 5 heteroatoms. The molecule has 0 aliphatic carbocycles. The fourth-order valence-electron chi connectivity index (χ4n) is 4.11. The van der Waals surface area contributed by atoms with E-state index >= 15 is 0 Å². The number of aryl methyl sites for hydroxylation is 2. The van der Waals surface area contributed by atoms with Crippen molar-refractivity contribution >= 4 is 11.4 Å². The third-order valence-electron chi connectivity index (χ3n) is 6.25. The number of rotatable bonds is 11. The van der Waals surface area contributed by atoms with Gasteiger partial charge in [-0.25, -0.2) is 4.57 Å². The molecule has 4 nitrogen and oxygen atoms in total. The molecule has 0 saturated heterocycles. The first-order valence-electron chi connectivity index (χ1n) is 12.4. The molecule has 188 valence electrons. The summed E-state index contributed by atoms with van der Waals surface area (Å²) in [7, 11) is 4.13. The number of aromatic nitrogens is 1. The summed E-state index contributed by atoms with van der Waals surface area (Å²) in [5.41, 5.74) is 13.0. The number of benzene rings is 3. The van der Waals surface area contributed by atoms with Gasteiger partial charge in [0, 0.05) is 49.2 Å². The van der Waals surface area contributed by atoms with Crippen molar-refractivity contribution in [2.45, 2.75) is 38.8 Å². The van der Waals surface area contributed by atoms with Crippen LogP contribution in [0.1, 0.15) is 35.1 Å². The third kappa shape index (κ3) is 8.42. The third-order valence-corrected chi connectivity index (χ3v) is 6.25. The lowest BCUT2D eigenvalue weighted by Gasteiger charge is -2.10. The lowest BCUT2D eigenvalue weighted by Crippen LogP contribution is -3.00. The molecular formula is C31H36BrN3O. The number of nitrogens with two attached hydrogens (primary N) is 1. The minimum atomic E-state index is 0. The molecular weight excluding hydrogens is 510 g/mol. The number of hydrogen-bond donors (Lipinski definition) is 1. The van der Waals surface area contributed by atoms with Crippen LogP contribution >= 0.6 is 0 Å². The van der Waals surface area contributed by atoms with Gasteiger partial charge in [0.2, 0.25) is 0 Å². The Hall–Kier alpha value is -3.31. The van der Waals surface area contributed by atoms with Gasteiger partial charge in [0.25, 0.3) is 0 Å². The van der Waals surface area contributed by atoms with Gasteiger partial charge in [-0.05, 0) is 54.5 Å². The molecule has 0 aliphatic heterocycles. The van der Waals surface area contributed by atoms with Gasteiger partial charge in [-0.2, -0.15) is 0 Å². The maximum atomic E-state index is 5.83. The highest BCUT2D eigenvalue weighted by molar-refractivity contribution is 5.43. The second kappa shape index (κ2) is 13.7. The van der Waals surface area contributed by atoms with E-state index in [0.29, 0.717) is 6.61 Å². The number of halogens is 1. The number of ether oxygens (including phenoxy) is 1. The molecule has 0 amide bonds. The number of unbranched alkanes of at least 4 members (excludes halogenated alkanes) is 1. The Balaban J connectivity index is 0.00000361. The molecule has 0 radical (unpaired) electrons. The zero-order valence-corrected chi connectivity index (χ0v) is 22.8. The second-order valence-corrected chi connectivity index (χ2v) is 9.32. The zero-order chi connectivity index (χ0) is 24.5. The van der Waals surface area contributed by atoms with Crippen LogP contribution in [0.2, 0.25) is 0 Å². The van der Waals surface area contributed by atoms with Crippen molar-refractivity contribution in [1.82, 2.24) is 0 Å². The number of anilines is 2. The molecule has 0 unspecified atom stereocenters. The van der Waals surface area contributed by atoms with Crippen LogP contribution in [0.3, 0.4) is 0 Å². The summed E-state index contributed by atoms with van der Waals surface area (Å²) >= 11 is 0. The van der Waals surface area contributed by atoms with Crippen LogP contribution in [0.4, 0.5) is 11.4 Å². The van der Waals surface area contributed by atoms with Gasteiger partial charge < -0.3 is 32.4 Å². The van der Waals surface area contributed by atoms with Crippen molar-refractivity contribution in [3.05, 3.63) is 120 Å². The summed E-state index contributed by atoms with van der Waals surface area (Å²) in [4.78, 5) is 2.12. The standard InChI is InChI=1S/C31H36N3O.BrH/c1-33(2)30-18-20-34(21-19-30)23-27-14-10-25(11-15-27)6-3-4-7-26-12-16-28(17-13-26)24-35-31-9-5-8-29(32)22-31;/h5,8-22H,3-4,6-7,23-24,32H2,1-2H3;1H/q+1;/p-1. The van der Waals surface area contributed by atoms with Crippen LogP contribution in [0, 0.1) is 0 Å². The summed E-state index contributed by atoms with van der Waals surface area (Å²) < 4.78 is 8.05. The van der Waals surface area contributed by atoms with Crippen molar-refractivity contribution < 1.29 is 26.3 Å². The van der Waals surface area contributed by atoms with E-state index in [1.165, 1.54) is 40.8 Å². The smallest absolute Gasteiger partial charge is 0.173 e. The molecule has 0 saturated carbocycles. The Kier molecular flexibility index (Phi) is 10.4. The fourth-order valence-corrected chi connectivity index (χ4v) is 4.11. The first-order chi connectivity index (χ1) is 17.0. The van der Waals surface area contributed by atoms with Gasteiger partial charge in [-0.15, -0.1) is 0 Å². The Bertz CT molecular complexity index is 1190. The van der Waals surface area contributed by atoms with Crippen molar-refractivity contribution in [2.24, 2.45) is 0 Å². The zero-order valence-electron chi connectivity index (χ0n) is 21.2. The van der Waals surface area contributed by atoms with E-state index in [1.807, 2.05) is 24.3 Å². The Labute approximate surface area is 226 Å². The normalized spacial score (nSPS) is 10.5. The van der Waals surface area contributed by atoms with Gasteiger partial charge in [0.1, 0.15) is 12.4 Å². The van der Waals surface area contributed by atoms with Crippen LogP contribution in [0.5, 0.6) is 5.75 Å². The summed E-state index contributed by atoms with van der Waals surface area (Å²) in [6, 6.07) is 29.7. The molecule has 1 heterocycles. The largest absolute Gasteiger partial charge is 1.00 e. The van der Waals surface area contributed by atoms with Crippen LogP contribution < -0.4 is 36.9 Å². The van der Waals surface area contributed by atoms with Crippen LogP contribution in [-0.4, -0.2) is 14.1 Å². The summed E-state index contributed by atoms with van der Waals surface area (Å²) in [5, 5.41) is 0. The first kappa shape index (κ1) is 27.3. The van der Waals surface area contributed by atoms with E-state index in [2.05, 4.69) is 96.6 Å². The predicted octanol–water partition coefficient (Wildman–Crippen LogP) is 2.82. The highest BCUT2D eigenvalue weighted by atomic mass is 79.9. The molecule has 1 aromatic heterocycles. The van der Waals surface area contributed by atoms with E-state index in [1.54, 1.807) is 0 Å². The second-order valence-electron chi connectivity index (χ2n) is 9.32. The van der Waals surface area contributed by atoms with Gasteiger partial charge >= 0.3 is 0 Å². The molecule has 0 bridgehead atoms. The van der Waals surface area contributed by atoms with E-state index in [0.717, 1.165) is 30.8 Å². The van der Waals surface area contributed by atoms with E-state index in [9.17, 15) is 0 Å². The minimum Gasteiger partial charge on any atom is -1.00 e. The lowest BCUT2D eigenvalue weighted by molar-refractivity contribution is -0.688. The van der Waals surface area contributed by atoms with Gasteiger partial charge in [-0.3, -0.25) is 0 Å². The summed E-state index contributed by atoms with van der Waals surface area (Å²) in [6.07, 6.45) is 8.89. The molecule has 0 aliphatic rings. The highest BCUT2D eigenvalue weighted by Crippen LogP contribution is 2.17. The molecule has 3 aromatic carbocycles. The van der Waals surface area contributed by atoms with Gasteiger partial charge in [0.05, 0.1) is 0 Å². The van der Waals surface area contributed by atoms with E-state index in [-0.39, 0.29) is 17.0 Å². The fraction of sp³-hybridized carbons (Fsp3) is 0.258. The molecule has 0 atom stereocenters. The monoisotopic (exact) mass is 545 g/mol. The Morgan fingerprint density at radius 1 is 0.722 bits per heavy atom. The summed E-state index contributed by atoms with van der Waals surface area (Å²) in [5.74, 6) is 0.805. The van der Waals surface area contributed by atoms with E-state index < -0.39 is 0 Å². The maximum Gasteiger partial charge on any atom is 0.173 e. The Morgan fingerprint density at radius 3 is 1.83 bits per heavy atom. The summed E-state index contributed by atoms with van der Waals surface area (Å²) in [6.45, 7) is 1.45. The van der Waals surface area contributed by atoms with Crippen molar-refractivity contribution in [1.29, 1.82) is 0 Å². The molecule has 0 fully saturated rings. The van der Waals surface area contributed by atoms with Gasteiger partial charge in [-0.1, -0.05) is 54.6 Å². The quantitative estimate of drug-likeness (QED) is 0.179. The predicted molar refractivity (Wildman–Crippen MR) is 145 cm³/mol. The van der Waals surface area contributed by atoms with Crippen LogP contribution in [0.25, 0.3) is 0 Å². The SMILES string of the molecule is CN(C)c1cc[n+](Cc2ccc(CCCCc3ccc(COc4cccc(N)c4)cc3)cc2)cc1.[Br-]. The van der Waals surface area contributed by atoms with Crippen molar-refractivity contribution in [3.63, 3.8) is 0 Å². The number of pyridine rings is 1. The number of nitrogens with zero attached hydrogens (tertiary/aromatic N) is 2. The first-order valence-corrected chi connectivity index (χ1v) is 12.4. The molecule has 4 rings (SSSR count). The van der Waals surface area contributed by atoms with E-state index in [4.69, 9.17) is 10.5 Å². The van der Waals surface area contributed by atoms with Crippen molar-refractivity contribution in [2.75, 3.05) is 24.7 Å². The van der Waals surface area contributed by atoms with Crippen LogP contribution in [0.15, 0.2) is 97.3 Å². The van der Waals surface area contributed by atoms with Crippen LogP contribution in [-0.2, 0) is 26.0 Å². The lowest BCUT2D eigenvalue weighted by atomic mass is 10.0. The highest BCUT2D eigenvalue weighted by Gasteiger charge is 2.05. The Morgan fingerprint density at radius 2 is 1.28 bits per heavy atom. The molecule has 2 N–H and O–H groups in total. The number of nitrogen functional groups attached to an aromatic ring is 1. The molecule has 0 spiro atoms. The van der Waals surface area contributed by atoms with Crippen molar-refractivity contribution in [3.8, 4) is 5.75 Å². The minimum absolute atomic E-state index is 0. The average Bonchev–Trinajstić information content (AvgIpc) is 2.87. The maximum absolute atomic E-state index is 5.83. The molecule has 4 aromatic rings. The number of hydrogen-bond acceptors (Lipinski definition) is 3.